The van der Waals surface area contributed by atoms with Gasteiger partial charge in [-0.05, 0) is 32.4 Å². The Morgan fingerprint density at radius 2 is 2.19 bits per heavy atom. The molecule has 7 heteroatoms. The van der Waals surface area contributed by atoms with Crippen molar-refractivity contribution in [2.24, 2.45) is 0 Å². The lowest BCUT2D eigenvalue weighted by molar-refractivity contribution is 0.00181. The zero-order valence-corrected chi connectivity index (χ0v) is 12.1. The number of nitrogens with zero attached hydrogens (tertiary/aromatic N) is 3. The first-order chi connectivity index (χ1) is 10.1. The summed E-state index contributed by atoms with van der Waals surface area (Å²) >= 11 is 0. The number of amides is 1. The Labute approximate surface area is 122 Å². The molecule has 0 aliphatic carbocycles. The normalized spacial score (nSPS) is 24.4. The molecular weight excluding hydrogens is 278 g/mol. The maximum atomic E-state index is 12.5. The van der Waals surface area contributed by atoms with Crippen LogP contribution in [0.1, 0.15) is 48.8 Å². The predicted octanol–water partition coefficient (Wildman–Crippen LogP) is 2.05. The number of aromatic amines is 1. The summed E-state index contributed by atoms with van der Waals surface area (Å²) in [5.74, 6) is -0.265. The molecule has 3 heterocycles. The molecule has 5 nitrogen and oxygen atoms in total. The van der Waals surface area contributed by atoms with Gasteiger partial charge in [-0.1, -0.05) is 6.42 Å². The molecule has 0 spiro atoms. The van der Waals surface area contributed by atoms with Crippen LogP contribution in [0.5, 0.6) is 0 Å². The van der Waals surface area contributed by atoms with Crippen LogP contribution in [0.25, 0.3) is 0 Å². The first kappa shape index (κ1) is 14.4. The summed E-state index contributed by atoms with van der Waals surface area (Å²) in [4.78, 5) is 16.3. The van der Waals surface area contributed by atoms with Crippen LogP contribution in [0.2, 0.25) is 0 Å². The van der Waals surface area contributed by atoms with Gasteiger partial charge < -0.3 is 4.90 Å². The van der Waals surface area contributed by atoms with E-state index in [1.807, 2.05) is 0 Å². The van der Waals surface area contributed by atoms with Crippen LogP contribution in [0.15, 0.2) is 6.07 Å². The van der Waals surface area contributed by atoms with E-state index in [-0.39, 0.29) is 17.3 Å². The van der Waals surface area contributed by atoms with Gasteiger partial charge in [0.2, 0.25) is 0 Å². The highest BCUT2D eigenvalue weighted by Gasteiger charge is 2.38. The largest absolute Gasteiger partial charge is 0.334 e. The molecule has 2 aliphatic rings. The summed E-state index contributed by atoms with van der Waals surface area (Å²) in [5, 5.41) is 5.90. The Bertz CT molecular complexity index is 513. The molecule has 0 aromatic carbocycles. The highest BCUT2D eigenvalue weighted by Crippen LogP contribution is 2.25. The first-order valence-corrected chi connectivity index (χ1v) is 7.44. The van der Waals surface area contributed by atoms with Gasteiger partial charge in [-0.3, -0.25) is 14.8 Å². The van der Waals surface area contributed by atoms with Crippen LogP contribution in [0.3, 0.4) is 0 Å². The van der Waals surface area contributed by atoms with Crippen molar-refractivity contribution < 1.29 is 13.6 Å². The van der Waals surface area contributed by atoms with Crippen LogP contribution in [-0.4, -0.2) is 57.6 Å². The minimum absolute atomic E-state index is 0.0791. The lowest BCUT2D eigenvalue weighted by atomic mass is 9.97. The number of nitrogens with one attached hydrogen (secondary N) is 1. The monoisotopic (exact) mass is 298 g/mol. The van der Waals surface area contributed by atoms with Crippen molar-refractivity contribution >= 4 is 5.91 Å². The third kappa shape index (κ3) is 2.79. The van der Waals surface area contributed by atoms with Crippen molar-refractivity contribution in [1.29, 1.82) is 0 Å². The second-order valence-corrected chi connectivity index (χ2v) is 5.96. The molecule has 1 atom stereocenters. The van der Waals surface area contributed by atoms with Gasteiger partial charge in [0.1, 0.15) is 5.69 Å². The van der Waals surface area contributed by atoms with Gasteiger partial charge in [-0.2, -0.15) is 5.10 Å². The summed E-state index contributed by atoms with van der Waals surface area (Å²) < 4.78 is 25.0. The number of carbonyl (C=O) groups is 1. The predicted molar refractivity (Wildman–Crippen MR) is 73.3 cm³/mol. The molecule has 0 radical (unpaired) electrons. The van der Waals surface area contributed by atoms with Gasteiger partial charge in [0.05, 0.1) is 0 Å². The maximum absolute atomic E-state index is 12.5. The zero-order chi connectivity index (χ0) is 15.0. The molecule has 1 N–H and O–H groups in total. The highest BCUT2D eigenvalue weighted by atomic mass is 19.3. The SMILES string of the molecule is C[C@@H]1CCCCN1C1CN(C(=O)c2cc(C(F)F)[nH]n2)C1. The summed E-state index contributed by atoms with van der Waals surface area (Å²) in [6.07, 6.45) is 1.07. The van der Waals surface area contributed by atoms with E-state index in [9.17, 15) is 13.6 Å². The van der Waals surface area contributed by atoms with Crippen LogP contribution in [0, 0.1) is 0 Å². The number of likely N-dealkylation sites (tertiary alicyclic amines) is 2. The standard InChI is InChI=1S/C14H20F2N4O/c1-9-4-2-3-5-20(9)10-7-19(8-10)14(21)12-6-11(13(15)16)17-18-12/h6,9-10,13H,2-5,7-8H2,1H3,(H,17,18)/t9-/m1/s1. The number of piperidine rings is 1. The second-order valence-electron chi connectivity index (χ2n) is 5.96. The van der Waals surface area contributed by atoms with Crippen LogP contribution in [0.4, 0.5) is 8.78 Å². The molecule has 1 aromatic rings. The van der Waals surface area contributed by atoms with Gasteiger partial charge in [0, 0.05) is 25.2 Å². The van der Waals surface area contributed by atoms with E-state index in [4.69, 9.17) is 0 Å². The number of aromatic nitrogens is 2. The van der Waals surface area contributed by atoms with Crippen molar-refractivity contribution in [2.45, 2.75) is 44.7 Å². The molecule has 0 unspecified atom stereocenters. The number of carbonyl (C=O) groups excluding carboxylic acids is 1. The lowest BCUT2D eigenvalue weighted by Gasteiger charge is -2.49. The Morgan fingerprint density at radius 1 is 1.43 bits per heavy atom. The molecular formula is C14H20F2N4O. The average Bonchev–Trinajstić information content (AvgIpc) is 2.89. The molecule has 116 valence electrons. The summed E-state index contributed by atoms with van der Waals surface area (Å²) in [7, 11) is 0. The Balaban J connectivity index is 1.56. The Kier molecular flexibility index (Phi) is 3.93. The smallest absolute Gasteiger partial charge is 0.279 e. The Hall–Kier alpha value is -1.50. The fourth-order valence-electron chi connectivity index (χ4n) is 3.21. The van der Waals surface area contributed by atoms with Crippen LogP contribution < -0.4 is 0 Å². The number of hydrogen-bond donors (Lipinski definition) is 1. The molecule has 1 aromatic heterocycles. The van der Waals surface area contributed by atoms with E-state index in [2.05, 4.69) is 22.0 Å². The molecule has 3 rings (SSSR count). The minimum atomic E-state index is -2.63. The number of hydrogen-bond acceptors (Lipinski definition) is 3. The highest BCUT2D eigenvalue weighted by molar-refractivity contribution is 5.93. The summed E-state index contributed by atoms with van der Waals surface area (Å²) in [6, 6.07) is 2.11. The molecule has 2 fully saturated rings. The summed E-state index contributed by atoms with van der Waals surface area (Å²) in [5.41, 5.74) is -0.226. The fourth-order valence-corrected chi connectivity index (χ4v) is 3.21. The average molecular weight is 298 g/mol. The van der Waals surface area contributed by atoms with E-state index >= 15 is 0 Å². The molecule has 0 bridgehead atoms. The van der Waals surface area contributed by atoms with Gasteiger partial charge >= 0.3 is 0 Å². The molecule has 1 amide bonds. The number of H-pyrrole nitrogens is 1. The van der Waals surface area contributed by atoms with Crippen molar-refractivity contribution in [1.82, 2.24) is 20.0 Å². The van der Waals surface area contributed by atoms with Crippen molar-refractivity contribution in [3.8, 4) is 0 Å². The van der Waals surface area contributed by atoms with E-state index in [1.165, 1.54) is 19.3 Å². The number of rotatable bonds is 3. The third-order valence-corrected chi connectivity index (χ3v) is 4.52. The molecule has 21 heavy (non-hydrogen) atoms. The first-order valence-electron chi connectivity index (χ1n) is 7.44. The molecule has 2 aliphatic heterocycles. The van der Waals surface area contributed by atoms with Crippen LogP contribution in [-0.2, 0) is 0 Å². The van der Waals surface area contributed by atoms with Crippen molar-refractivity contribution in [3.05, 3.63) is 17.5 Å². The van der Waals surface area contributed by atoms with E-state index in [0.29, 0.717) is 25.2 Å². The van der Waals surface area contributed by atoms with Crippen molar-refractivity contribution in [3.63, 3.8) is 0 Å². The summed E-state index contributed by atoms with van der Waals surface area (Å²) in [6.45, 7) is 4.65. The maximum Gasteiger partial charge on any atom is 0.279 e. The third-order valence-electron chi connectivity index (χ3n) is 4.52. The van der Waals surface area contributed by atoms with Gasteiger partial charge in [0.25, 0.3) is 12.3 Å². The molecule has 2 saturated heterocycles. The Morgan fingerprint density at radius 3 is 2.81 bits per heavy atom. The van der Waals surface area contributed by atoms with Crippen LogP contribution >= 0.6 is 0 Å². The molecule has 0 saturated carbocycles. The van der Waals surface area contributed by atoms with E-state index in [1.54, 1.807) is 4.90 Å². The van der Waals surface area contributed by atoms with Gasteiger partial charge in [-0.15, -0.1) is 0 Å². The van der Waals surface area contributed by atoms with Gasteiger partial charge in [-0.25, -0.2) is 8.78 Å². The minimum Gasteiger partial charge on any atom is -0.334 e. The number of halogens is 2. The number of alkyl halides is 2. The van der Waals surface area contributed by atoms with E-state index in [0.717, 1.165) is 12.6 Å². The second kappa shape index (κ2) is 5.71. The van der Waals surface area contributed by atoms with Gasteiger partial charge in [0.15, 0.2) is 5.69 Å². The van der Waals surface area contributed by atoms with E-state index < -0.39 is 6.43 Å². The fraction of sp³-hybridized carbons (Fsp3) is 0.714. The zero-order valence-electron chi connectivity index (χ0n) is 12.1. The topological polar surface area (TPSA) is 52.2 Å². The quantitative estimate of drug-likeness (QED) is 0.929. The van der Waals surface area contributed by atoms with Crippen molar-refractivity contribution in [2.75, 3.05) is 19.6 Å². The lowest BCUT2D eigenvalue weighted by Crippen LogP contribution is -2.63.